The SMILES string of the molecule is [2H]C1([2H])[C@]([2H])(O)[C@@]2([2H])C(CCC3=CC(=O)CC[C@@]32C)C2CCC(=O)[C@]21C. The van der Waals surface area contributed by atoms with Gasteiger partial charge in [0.1, 0.15) is 5.78 Å². The smallest absolute Gasteiger partial charge is 0.155 e. The number of aliphatic hydroxyl groups is 1. The summed E-state index contributed by atoms with van der Waals surface area (Å²) >= 11 is 0. The van der Waals surface area contributed by atoms with Crippen molar-refractivity contribution in [3.63, 3.8) is 0 Å². The zero-order valence-corrected chi connectivity index (χ0v) is 13.2. The number of hydrogen-bond acceptors (Lipinski definition) is 3. The molecule has 3 nitrogen and oxygen atoms in total. The van der Waals surface area contributed by atoms with Crippen LogP contribution < -0.4 is 0 Å². The number of rotatable bonds is 0. The molecule has 0 heterocycles. The van der Waals surface area contributed by atoms with Crippen LogP contribution in [-0.2, 0) is 9.59 Å². The Morgan fingerprint density at radius 3 is 2.77 bits per heavy atom. The van der Waals surface area contributed by atoms with Crippen LogP contribution in [0.2, 0.25) is 0 Å². The van der Waals surface area contributed by atoms with Gasteiger partial charge < -0.3 is 5.11 Å². The predicted molar refractivity (Wildman–Crippen MR) is 83.1 cm³/mol. The first kappa shape index (κ1) is 10.7. The van der Waals surface area contributed by atoms with Crippen LogP contribution in [0.4, 0.5) is 0 Å². The number of Topliss-reactive ketones (excluding diaryl/α,β-unsaturated/α-hetero) is 1. The van der Waals surface area contributed by atoms with Crippen molar-refractivity contribution in [1.29, 1.82) is 0 Å². The Hall–Kier alpha value is -0.960. The summed E-state index contributed by atoms with van der Waals surface area (Å²) in [5.74, 6) is -2.86. The molecular formula is C19H26O3. The van der Waals surface area contributed by atoms with E-state index in [1.54, 1.807) is 19.9 Å². The summed E-state index contributed by atoms with van der Waals surface area (Å²) in [6, 6.07) is 0. The molecule has 0 amide bonds. The molecule has 0 aromatic carbocycles. The molecule has 3 fully saturated rings. The van der Waals surface area contributed by atoms with E-state index in [9.17, 15) is 16.1 Å². The van der Waals surface area contributed by atoms with Crippen molar-refractivity contribution in [1.82, 2.24) is 0 Å². The van der Waals surface area contributed by atoms with Gasteiger partial charge in [-0.2, -0.15) is 0 Å². The fraction of sp³-hybridized carbons (Fsp3) is 0.789. The summed E-state index contributed by atoms with van der Waals surface area (Å²) < 4.78 is 35.5. The molecule has 0 bridgehead atoms. The van der Waals surface area contributed by atoms with Crippen LogP contribution in [0.15, 0.2) is 11.6 Å². The van der Waals surface area contributed by atoms with Crippen molar-refractivity contribution in [3.05, 3.63) is 11.6 Å². The van der Waals surface area contributed by atoms with Crippen LogP contribution in [0, 0.1) is 28.6 Å². The maximum atomic E-state index is 12.7. The molecule has 3 heteroatoms. The number of ketones is 2. The average molecular weight is 306 g/mol. The van der Waals surface area contributed by atoms with Gasteiger partial charge in [-0.15, -0.1) is 0 Å². The third-order valence-electron chi connectivity index (χ3n) is 6.73. The van der Waals surface area contributed by atoms with E-state index in [0.717, 1.165) is 5.57 Å². The molecule has 0 spiro atoms. The highest BCUT2D eigenvalue weighted by Gasteiger charge is 2.61. The Labute approximate surface area is 137 Å². The highest BCUT2D eigenvalue weighted by atomic mass is 16.3. The van der Waals surface area contributed by atoms with Gasteiger partial charge >= 0.3 is 0 Å². The third kappa shape index (κ3) is 1.72. The fourth-order valence-electron chi connectivity index (χ4n) is 5.44. The van der Waals surface area contributed by atoms with Crippen molar-refractivity contribution in [3.8, 4) is 0 Å². The standard InChI is InChI=1S/C19H26O3/c1-18-8-7-12(20)9-11(18)3-4-13-14-5-6-16(22)19(14,2)10-15(21)17(13)18/h9,13-15,17,21H,3-8,10H2,1-2H3/t13?,14?,15-,17+,18-,19-/m0/s1/i10D2,15D,17D. The maximum Gasteiger partial charge on any atom is 0.155 e. The Bertz CT molecular complexity index is 745. The molecule has 1 N–H and O–H groups in total. The summed E-state index contributed by atoms with van der Waals surface area (Å²) in [6.07, 6.45) is -1.30. The maximum absolute atomic E-state index is 12.7. The van der Waals surface area contributed by atoms with E-state index < -0.39 is 35.1 Å². The van der Waals surface area contributed by atoms with E-state index in [0.29, 0.717) is 25.7 Å². The van der Waals surface area contributed by atoms with Gasteiger partial charge in [0, 0.05) is 22.4 Å². The molecule has 4 aliphatic carbocycles. The summed E-state index contributed by atoms with van der Waals surface area (Å²) in [6.45, 7) is 3.35. The second kappa shape index (κ2) is 4.53. The highest BCUT2D eigenvalue weighted by molar-refractivity contribution is 5.91. The lowest BCUT2D eigenvalue weighted by Crippen LogP contribution is -2.56. The second-order valence-electron chi connectivity index (χ2n) is 7.77. The van der Waals surface area contributed by atoms with Crippen LogP contribution in [0.5, 0.6) is 0 Å². The van der Waals surface area contributed by atoms with Crippen LogP contribution in [0.25, 0.3) is 0 Å². The van der Waals surface area contributed by atoms with E-state index in [2.05, 4.69) is 0 Å². The minimum atomic E-state index is -2.75. The zero-order valence-electron chi connectivity index (χ0n) is 17.2. The van der Waals surface area contributed by atoms with Gasteiger partial charge in [0.15, 0.2) is 5.78 Å². The number of allylic oxidation sites excluding steroid dienone is 1. The van der Waals surface area contributed by atoms with Gasteiger partial charge in [0.05, 0.1) is 7.45 Å². The highest BCUT2D eigenvalue weighted by Crippen LogP contribution is 2.64. The molecule has 0 radical (unpaired) electrons. The first-order valence-electron chi connectivity index (χ1n) is 10.4. The third-order valence-corrected chi connectivity index (χ3v) is 6.73. The quantitative estimate of drug-likeness (QED) is 0.748. The Morgan fingerprint density at radius 1 is 1.23 bits per heavy atom. The van der Waals surface area contributed by atoms with Crippen LogP contribution in [0.3, 0.4) is 0 Å². The summed E-state index contributed by atoms with van der Waals surface area (Å²) in [5.41, 5.74) is -1.63. The van der Waals surface area contributed by atoms with Gasteiger partial charge in [-0.1, -0.05) is 19.4 Å². The lowest BCUT2D eigenvalue weighted by molar-refractivity contribution is -0.147. The first-order valence-corrected chi connectivity index (χ1v) is 8.35. The number of carbonyl (C=O) groups is 2. The molecule has 0 saturated heterocycles. The molecular weight excluding hydrogens is 276 g/mol. The van der Waals surface area contributed by atoms with Gasteiger partial charge in [-0.3, -0.25) is 9.59 Å². The largest absolute Gasteiger partial charge is 0.393 e. The lowest BCUT2D eigenvalue weighted by atomic mass is 9.46. The monoisotopic (exact) mass is 306 g/mol. The molecule has 4 aliphatic rings. The number of fused-ring (bicyclic) bond motifs is 5. The summed E-state index contributed by atoms with van der Waals surface area (Å²) in [7, 11) is 0. The summed E-state index contributed by atoms with van der Waals surface area (Å²) in [5, 5.41) is 11.3. The Kier molecular flexibility index (Phi) is 2.21. The van der Waals surface area contributed by atoms with Crippen LogP contribution >= 0.6 is 0 Å². The van der Waals surface area contributed by atoms with Crippen molar-refractivity contribution < 1.29 is 20.2 Å². The second-order valence-corrected chi connectivity index (χ2v) is 7.77. The van der Waals surface area contributed by atoms with Gasteiger partial charge in [-0.25, -0.2) is 0 Å². The normalized spacial score (nSPS) is 62.6. The minimum Gasteiger partial charge on any atom is -0.393 e. The topological polar surface area (TPSA) is 54.4 Å². The first-order chi connectivity index (χ1) is 11.9. The van der Waals surface area contributed by atoms with E-state index in [1.165, 1.54) is 0 Å². The van der Waals surface area contributed by atoms with Crippen molar-refractivity contribution in [2.24, 2.45) is 28.6 Å². The lowest BCUT2D eigenvalue weighted by Gasteiger charge is -2.58. The van der Waals surface area contributed by atoms with E-state index in [-0.39, 0.29) is 30.3 Å². The molecule has 0 aliphatic heterocycles. The molecule has 120 valence electrons. The molecule has 22 heavy (non-hydrogen) atoms. The van der Waals surface area contributed by atoms with Gasteiger partial charge in [-0.05, 0) is 61.3 Å². The molecule has 0 aromatic heterocycles. The van der Waals surface area contributed by atoms with Crippen molar-refractivity contribution >= 4 is 11.6 Å². The molecule has 2 unspecified atom stereocenters. The van der Waals surface area contributed by atoms with E-state index in [1.807, 2.05) is 0 Å². The van der Waals surface area contributed by atoms with Crippen LogP contribution in [-0.4, -0.2) is 22.8 Å². The fourth-order valence-corrected chi connectivity index (χ4v) is 5.44. The number of carbonyl (C=O) groups excluding carboxylic acids is 2. The van der Waals surface area contributed by atoms with Crippen molar-refractivity contribution in [2.45, 2.75) is 64.8 Å². The Balaban J connectivity index is 1.98. The summed E-state index contributed by atoms with van der Waals surface area (Å²) in [4.78, 5) is 24.6. The van der Waals surface area contributed by atoms with E-state index in [4.69, 9.17) is 4.11 Å². The Morgan fingerprint density at radius 2 is 2.00 bits per heavy atom. The average Bonchev–Trinajstić information content (AvgIpc) is 2.86. The van der Waals surface area contributed by atoms with Crippen LogP contribution in [0.1, 0.15) is 64.2 Å². The molecule has 6 atom stereocenters. The molecule has 3 saturated carbocycles. The molecule has 4 rings (SSSR count). The predicted octanol–water partition coefficient (Wildman–Crippen LogP) is 3.06. The van der Waals surface area contributed by atoms with Gasteiger partial charge in [0.25, 0.3) is 0 Å². The minimum absolute atomic E-state index is 0.00672. The molecule has 0 aromatic rings. The number of hydrogen-bond donors (Lipinski definition) is 1. The van der Waals surface area contributed by atoms with E-state index >= 15 is 0 Å². The zero-order chi connectivity index (χ0) is 19.3. The van der Waals surface area contributed by atoms with Gasteiger partial charge in [0.2, 0.25) is 0 Å². The van der Waals surface area contributed by atoms with Crippen molar-refractivity contribution in [2.75, 3.05) is 0 Å².